The second-order valence-electron chi connectivity index (χ2n) is 6.94. The summed E-state index contributed by atoms with van der Waals surface area (Å²) in [7, 11) is -3.59. The molecule has 10 heteroatoms. The molecule has 0 radical (unpaired) electrons. The summed E-state index contributed by atoms with van der Waals surface area (Å²) in [6.45, 7) is 6.02. The number of aromatic nitrogens is 2. The fourth-order valence-electron chi connectivity index (χ4n) is 3.24. The number of sulfonamides is 1. The number of benzene rings is 2. The van der Waals surface area contributed by atoms with Crippen molar-refractivity contribution in [3.8, 4) is 0 Å². The van der Waals surface area contributed by atoms with Crippen LogP contribution >= 0.6 is 0 Å². The van der Waals surface area contributed by atoms with Crippen LogP contribution in [0.5, 0.6) is 0 Å². The summed E-state index contributed by atoms with van der Waals surface area (Å²) in [5, 5.41) is 3.47. The van der Waals surface area contributed by atoms with Gasteiger partial charge in [-0.15, -0.1) is 0 Å². The molecule has 0 spiro atoms. The van der Waals surface area contributed by atoms with Crippen molar-refractivity contribution in [1.29, 1.82) is 0 Å². The lowest BCUT2D eigenvalue weighted by atomic mass is 10.1. The summed E-state index contributed by atoms with van der Waals surface area (Å²) in [6, 6.07) is 12.3. The van der Waals surface area contributed by atoms with Crippen LogP contribution in [-0.2, 0) is 16.2 Å². The third-order valence-corrected chi connectivity index (χ3v) is 7.00. The van der Waals surface area contributed by atoms with Gasteiger partial charge >= 0.3 is 6.18 Å². The molecular weight excluding hydrogens is 429 g/mol. The summed E-state index contributed by atoms with van der Waals surface area (Å²) < 4.78 is 66.3. The predicted molar refractivity (Wildman–Crippen MR) is 113 cm³/mol. The molecule has 0 aliphatic carbocycles. The first-order valence-corrected chi connectivity index (χ1v) is 11.2. The molecule has 31 heavy (non-hydrogen) atoms. The van der Waals surface area contributed by atoms with E-state index in [1.165, 1.54) is 22.5 Å². The Morgan fingerprint density at radius 3 is 2.19 bits per heavy atom. The van der Waals surface area contributed by atoms with E-state index in [-0.39, 0.29) is 16.2 Å². The monoisotopic (exact) mass is 452 g/mol. The Hall–Kier alpha value is -2.72. The number of anilines is 1. The van der Waals surface area contributed by atoms with Gasteiger partial charge in [-0.1, -0.05) is 38.1 Å². The normalized spacial score (nSPS) is 13.5. The molecule has 0 aliphatic rings. The Kier molecular flexibility index (Phi) is 6.51. The van der Waals surface area contributed by atoms with Gasteiger partial charge in [-0.25, -0.2) is 18.4 Å². The second kappa shape index (κ2) is 8.80. The van der Waals surface area contributed by atoms with Gasteiger partial charge in [0, 0.05) is 24.5 Å². The molecule has 1 heterocycles. The molecule has 166 valence electrons. The van der Waals surface area contributed by atoms with Crippen molar-refractivity contribution in [1.82, 2.24) is 14.3 Å². The van der Waals surface area contributed by atoms with Gasteiger partial charge in [0.05, 0.1) is 10.4 Å². The lowest BCUT2D eigenvalue weighted by Crippen LogP contribution is -2.30. The van der Waals surface area contributed by atoms with E-state index in [1.807, 2.05) is 0 Å². The quantitative estimate of drug-likeness (QED) is 0.555. The number of halogens is 3. The van der Waals surface area contributed by atoms with Crippen LogP contribution in [0.2, 0.25) is 0 Å². The number of nitrogens with one attached hydrogen (secondary N) is 1. The van der Waals surface area contributed by atoms with E-state index in [2.05, 4.69) is 15.3 Å². The van der Waals surface area contributed by atoms with E-state index < -0.39 is 28.1 Å². The van der Waals surface area contributed by atoms with Gasteiger partial charge < -0.3 is 5.32 Å². The Bertz CT molecular complexity index is 1160. The number of hydrogen-bond donors (Lipinski definition) is 1. The molecular formula is C21H23F3N4O2S. The highest BCUT2D eigenvalue weighted by molar-refractivity contribution is 7.89. The molecule has 1 N–H and O–H groups in total. The van der Waals surface area contributed by atoms with E-state index in [0.29, 0.717) is 24.0 Å². The number of para-hydroxylation sites is 1. The fourth-order valence-corrected chi connectivity index (χ4v) is 4.70. The molecule has 1 atom stereocenters. The SMILES string of the molecule is CCN(CC)S(=O)(=O)c1ccc([C@H](C)Nc2nc(C(F)(F)F)nc3ccccc23)cc1. The minimum atomic E-state index is -4.68. The Morgan fingerprint density at radius 1 is 1.00 bits per heavy atom. The van der Waals surface area contributed by atoms with E-state index >= 15 is 0 Å². The Morgan fingerprint density at radius 2 is 1.61 bits per heavy atom. The van der Waals surface area contributed by atoms with Crippen LogP contribution in [0.15, 0.2) is 53.4 Å². The zero-order valence-electron chi connectivity index (χ0n) is 17.3. The third-order valence-electron chi connectivity index (χ3n) is 4.93. The number of alkyl halides is 3. The fraction of sp³-hybridized carbons (Fsp3) is 0.333. The molecule has 3 aromatic rings. The molecule has 0 amide bonds. The van der Waals surface area contributed by atoms with Gasteiger partial charge in [-0.2, -0.15) is 17.5 Å². The molecule has 0 aliphatic heterocycles. The van der Waals surface area contributed by atoms with E-state index in [1.54, 1.807) is 51.1 Å². The molecule has 0 saturated carbocycles. The highest BCUT2D eigenvalue weighted by Crippen LogP contribution is 2.31. The van der Waals surface area contributed by atoms with Crippen LogP contribution in [0.4, 0.5) is 19.0 Å². The molecule has 0 unspecified atom stereocenters. The van der Waals surface area contributed by atoms with Crippen LogP contribution < -0.4 is 5.32 Å². The summed E-state index contributed by atoms with van der Waals surface area (Å²) in [5.41, 5.74) is 0.884. The average molecular weight is 453 g/mol. The molecule has 0 saturated heterocycles. The highest BCUT2D eigenvalue weighted by atomic mass is 32.2. The van der Waals surface area contributed by atoms with Crippen LogP contribution in [0, 0.1) is 0 Å². The van der Waals surface area contributed by atoms with E-state index in [0.717, 1.165) is 0 Å². The first-order valence-electron chi connectivity index (χ1n) is 9.78. The van der Waals surface area contributed by atoms with Crippen molar-refractivity contribution < 1.29 is 21.6 Å². The van der Waals surface area contributed by atoms with Crippen molar-refractivity contribution in [2.24, 2.45) is 0 Å². The smallest absolute Gasteiger partial charge is 0.363 e. The van der Waals surface area contributed by atoms with Crippen molar-refractivity contribution in [3.05, 3.63) is 59.9 Å². The van der Waals surface area contributed by atoms with Crippen molar-refractivity contribution in [3.63, 3.8) is 0 Å². The minimum absolute atomic E-state index is 0.0604. The summed E-state index contributed by atoms with van der Waals surface area (Å²) in [5.74, 6) is -1.16. The Balaban J connectivity index is 1.92. The summed E-state index contributed by atoms with van der Waals surface area (Å²) in [6.07, 6.45) is -4.68. The predicted octanol–water partition coefficient (Wildman–Crippen LogP) is 4.85. The topological polar surface area (TPSA) is 75.2 Å². The van der Waals surface area contributed by atoms with Gasteiger partial charge in [0.15, 0.2) is 0 Å². The highest BCUT2D eigenvalue weighted by Gasteiger charge is 2.35. The maximum Gasteiger partial charge on any atom is 0.451 e. The molecule has 6 nitrogen and oxygen atoms in total. The first-order chi connectivity index (χ1) is 14.6. The Labute approximate surface area is 179 Å². The van der Waals surface area contributed by atoms with Crippen molar-refractivity contribution >= 4 is 26.7 Å². The standard InChI is InChI=1S/C21H23F3N4O2S/c1-4-28(5-2)31(29,30)16-12-10-15(11-13-16)14(3)25-19-17-8-6-7-9-18(17)26-20(27-19)21(22,23)24/h6-14H,4-5H2,1-3H3,(H,25,26,27)/t14-/m0/s1. The zero-order valence-corrected chi connectivity index (χ0v) is 18.1. The van der Waals surface area contributed by atoms with Crippen molar-refractivity contribution in [2.45, 2.75) is 37.9 Å². The van der Waals surface area contributed by atoms with E-state index in [4.69, 9.17) is 0 Å². The first kappa shape index (κ1) is 23.0. The number of nitrogens with zero attached hydrogens (tertiary/aromatic N) is 3. The molecule has 3 rings (SSSR count). The van der Waals surface area contributed by atoms with Crippen LogP contribution in [0.1, 0.15) is 38.2 Å². The molecule has 2 aromatic carbocycles. The van der Waals surface area contributed by atoms with Crippen molar-refractivity contribution in [2.75, 3.05) is 18.4 Å². The average Bonchev–Trinajstić information content (AvgIpc) is 2.73. The van der Waals surface area contributed by atoms with Crippen LogP contribution in [-0.4, -0.2) is 35.8 Å². The van der Waals surface area contributed by atoms with Gasteiger partial charge in [0.1, 0.15) is 5.82 Å². The van der Waals surface area contributed by atoms with Crippen LogP contribution in [0.3, 0.4) is 0 Å². The maximum atomic E-state index is 13.2. The van der Waals surface area contributed by atoms with E-state index in [9.17, 15) is 21.6 Å². The van der Waals surface area contributed by atoms with Gasteiger partial charge in [-0.05, 0) is 36.8 Å². The lowest BCUT2D eigenvalue weighted by Gasteiger charge is -2.20. The van der Waals surface area contributed by atoms with Crippen LogP contribution in [0.25, 0.3) is 10.9 Å². The van der Waals surface area contributed by atoms with Gasteiger partial charge in [-0.3, -0.25) is 0 Å². The largest absolute Gasteiger partial charge is 0.451 e. The number of rotatable bonds is 7. The molecule has 0 fully saturated rings. The number of fused-ring (bicyclic) bond motifs is 1. The minimum Gasteiger partial charge on any atom is -0.363 e. The van der Waals surface area contributed by atoms with Gasteiger partial charge in [0.2, 0.25) is 15.8 Å². The number of hydrogen-bond acceptors (Lipinski definition) is 5. The third kappa shape index (κ3) is 4.80. The summed E-state index contributed by atoms with van der Waals surface area (Å²) >= 11 is 0. The van der Waals surface area contributed by atoms with Gasteiger partial charge in [0.25, 0.3) is 0 Å². The molecule has 1 aromatic heterocycles. The lowest BCUT2D eigenvalue weighted by molar-refractivity contribution is -0.144. The molecule has 0 bridgehead atoms. The second-order valence-corrected chi connectivity index (χ2v) is 8.87. The maximum absolute atomic E-state index is 13.2. The summed E-state index contributed by atoms with van der Waals surface area (Å²) in [4.78, 5) is 7.47. The zero-order chi connectivity index (χ0) is 22.8.